The average Bonchev–Trinajstić information content (AvgIpc) is 1.84. The number of aromatic nitrogens is 11. The third-order valence-corrected chi connectivity index (χ3v) is 19.4. The molecule has 0 saturated carbocycles. The van der Waals surface area contributed by atoms with E-state index in [-0.39, 0.29) is 0 Å². The zero-order valence-electron chi connectivity index (χ0n) is 94.0. The van der Waals surface area contributed by atoms with Crippen LogP contribution in [0.5, 0.6) is 0 Å². The first kappa shape index (κ1) is 131. The number of furan rings is 1. The molecule has 18 heteroatoms. The SMILES string of the molecule is CC(C)C.CC(C)C.CC(C)C.CC(C)C.CC(C)C.CC(C)C.CC(C)C.CC(C)C.CC(C)C.CC(C)C.CC(C)C.c1ccc2[nH]ccc2c1.c1ccc2[nH]cnc2c1.c1ccc2cnccc2c1.c1ccc2ncccc2c1.c1ccc2occc2c1.c1ccc2ocnc2c1.c1ccc2sccc2c1.c1ccc2scnc2c1.c1ccc2scnc2c1.c1cnc2scnc2c1.c1nc2c(s1)CCCC2. The first-order chi connectivity index (χ1) is 69.2. The molecule has 12 aromatic heterocycles. The number of hydrogen-bond donors (Lipinski definition) is 2. The van der Waals surface area contributed by atoms with Gasteiger partial charge in [0.05, 0.1) is 82.8 Å². The van der Waals surface area contributed by atoms with E-state index in [2.05, 4.69) is 374 Å². The largest absolute Gasteiger partial charge is 0.464 e. The van der Waals surface area contributed by atoms with Crippen LogP contribution in [0.25, 0.3) is 107 Å². The number of imidazole rings is 1. The number of nitrogens with one attached hydrogen (secondary N) is 2. The Labute approximate surface area is 894 Å². The predicted molar refractivity (Wildman–Crippen MR) is 651 cm³/mol. The second-order valence-corrected chi connectivity index (χ2v) is 45.4. The Morgan fingerprint density at radius 1 is 0.248 bits per heavy atom. The van der Waals surface area contributed by atoms with E-state index < -0.39 is 0 Å². The number of nitrogens with zero attached hydrogens (tertiary/aromatic N) is 9. The first-order valence-electron chi connectivity index (χ1n) is 51.4. The van der Waals surface area contributed by atoms with Crippen LogP contribution in [0.15, 0.2) is 353 Å². The number of para-hydroxylation sites is 9. The molecule has 0 amide bonds. The van der Waals surface area contributed by atoms with Crippen LogP contribution in [-0.2, 0) is 12.8 Å². The zero-order chi connectivity index (χ0) is 108. The molecule has 0 unspecified atom stereocenters. The van der Waals surface area contributed by atoms with Crippen LogP contribution in [0.4, 0.5) is 0 Å². The van der Waals surface area contributed by atoms with Crippen LogP contribution in [0.1, 0.15) is 252 Å². The lowest BCUT2D eigenvalue weighted by Crippen LogP contribution is -1.98. The molecule has 145 heavy (non-hydrogen) atoms. The highest BCUT2D eigenvalue weighted by Crippen LogP contribution is 2.24. The summed E-state index contributed by atoms with van der Waals surface area (Å²) in [6.07, 6.45) is 19.3. The van der Waals surface area contributed by atoms with Gasteiger partial charge >= 0.3 is 0 Å². The molecule has 0 radical (unpaired) electrons. The van der Waals surface area contributed by atoms with Gasteiger partial charge in [0.25, 0.3) is 0 Å². The summed E-state index contributed by atoms with van der Waals surface area (Å²) in [7, 11) is 0. The molecule has 21 aromatic rings. The number of thiophene rings is 1. The molecular weight excluding hydrogens is 1870 g/mol. The van der Waals surface area contributed by atoms with Gasteiger partial charge in [0.15, 0.2) is 12.0 Å². The summed E-state index contributed by atoms with van der Waals surface area (Å²) >= 11 is 8.52. The smallest absolute Gasteiger partial charge is 0.181 e. The summed E-state index contributed by atoms with van der Waals surface area (Å²) in [5.74, 6) is 9.17. The van der Waals surface area contributed by atoms with E-state index in [1.54, 1.807) is 69.6 Å². The maximum atomic E-state index is 5.12. The van der Waals surface area contributed by atoms with Crippen molar-refractivity contribution in [2.75, 3.05) is 0 Å². The number of aromatic amines is 2. The Bertz CT molecular complexity index is 5120. The molecule has 9 aromatic carbocycles. The highest BCUT2D eigenvalue weighted by atomic mass is 32.1. The number of hydrogen-bond acceptors (Lipinski definition) is 16. The average molecular weight is 2050 g/mol. The van der Waals surface area contributed by atoms with Gasteiger partial charge in [-0.25, -0.2) is 34.9 Å². The number of benzene rings is 9. The molecule has 0 atom stereocenters. The van der Waals surface area contributed by atoms with Crippen LogP contribution in [-0.4, -0.2) is 54.8 Å². The van der Waals surface area contributed by atoms with Crippen molar-refractivity contribution in [2.24, 2.45) is 65.1 Å². The predicted octanol–water partition coefficient (Wildman–Crippen LogP) is 42.0. The van der Waals surface area contributed by atoms with Crippen molar-refractivity contribution in [1.29, 1.82) is 0 Å². The number of thiazole rings is 4. The lowest BCUT2D eigenvalue weighted by atomic mass is 10.0. The molecule has 12 heterocycles. The molecule has 13 nitrogen and oxygen atoms in total. The monoisotopic (exact) mass is 2050 g/mol. The number of oxazole rings is 1. The lowest BCUT2D eigenvalue weighted by molar-refractivity contribution is 0.602. The fourth-order valence-electron chi connectivity index (χ4n) is 10.1. The Morgan fingerprint density at radius 3 is 1.14 bits per heavy atom. The summed E-state index contributed by atoms with van der Waals surface area (Å²) in [5.41, 5.74) is 19.2. The molecule has 0 fully saturated rings. The summed E-state index contributed by atoms with van der Waals surface area (Å²) < 4.78 is 14.0. The Kier molecular flexibility index (Phi) is 74.6. The molecule has 0 saturated heterocycles. The van der Waals surface area contributed by atoms with Crippen molar-refractivity contribution in [3.63, 3.8) is 0 Å². The van der Waals surface area contributed by atoms with Gasteiger partial charge in [-0.05, 0) is 233 Å². The van der Waals surface area contributed by atoms with E-state index in [4.69, 9.17) is 8.83 Å². The number of pyridine rings is 3. The minimum atomic E-state index is 0.833. The zero-order valence-corrected chi connectivity index (χ0v) is 98.1. The number of H-pyrrole nitrogens is 2. The third kappa shape index (κ3) is 71.4. The molecule has 0 bridgehead atoms. The summed E-state index contributed by atoms with van der Waals surface area (Å²) in [6, 6.07) is 88.7. The maximum Gasteiger partial charge on any atom is 0.181 e. The first-order valence-corrected chi connectivity index (χ1v) is 55.8. The van der Waals surface area contributed by atoms with Crippen LogP contribution in [0.2, 0.25) is 0 Å². The van der Waals surface area contributed by atoms with Crippen LogP contribution in [0.3, 0.4) is 0 Å². The highest BCUT2D eigenvalue weighted by molar-refractivity contribution is 7.17. The second-order valence-electron chi connectivity index (χ2n) is 40.9. The topological polar surface area (TPSA) is 174 Å². The van der Waals surface area contributed by atoms with Gasteiger partial charge in [0, 0.05) is 56.9 Å². The molecule has 22 rings (SSSR count). The second kappa shape index (κ2) is 82.4. The van der Waals surface area contributed by atoms with E-state index in [0.29, 0.717) is 0 Å². The van der Waals surface area contributed by atoms with Crippen molar-refractivity contribution >= 4 is 163 Å². The summed E-state index contributed by atoms with van der Waals surface area (Å²) in [4.78, 5) is 45.6. The normalized spacial score (nSPS) is 10.3. The van der Waals surface area contributed by atoms with Crippen molar-refractivity contribution in [1.82, 2.24) is 54.8 Å². The Hall–Kier alpha value is -11.8. The van der Waals surface area contributed by atoms with Crippen molar-refractivity contribution < 1.29 is 8.83 Å². The Balaban J connectivity index is 0.000000768. The van der Waals surface area contributed by atoms with Crippen molar-refractivity contribution in [3.8, 4) is 0 Å². The fourth-order valence-corrected chi connectivity index (χ4v) is 13.8. The van der Waals surface area contributed by atoms with Crippen molar-refractivity contribution in [2.45, 2.75) is 254 Å². The lowest BCUT2D eigenvalue weighted by Gasteiger charge is -2.06. The minimum Gasteiger partial charge on any atom is -0.464 e. The molecule has 1 aliphatic rings. The van der Waals surface area contributed by atoms with E-state index in [9.17, 15) is 0 Å². The summed E-state index contributed by atoms with van der Waals surface area (Å²) in [5, 5.41) is 9.55. The minimum absolute atomic E-state index is 0.833. The van der Waals surface area contributed by atoms with E-state index >= 15 is 0 Å². The van der Waals surface area contributed by atoms with Gasteiger partial charge in [0.1, 0.15) is 15.9 Å². The molecule has 2 N–H and O–H groups in total. The summed E-state index contributed by atoms with van der Waals surface area (Å²) in [6.45, 7) is 71.5. The van der Waals surface area contributed by atoms with Crippen LogP contribution in [0, 0.1) is 65.1 Å². The quantitative estimate of drug-likeness (QED) is 0.148. The third-order valence-electron chi connectivity index (χ3n) is 15.2. The van der Waals surface area contributed by atoms with Gasteiger partial charge in [-0.15, -0.1) is 56.7 Å². The number of rotatable bonds is 0. The van der Waals surface area contributed by atoms with Gasteiger partial charge in [0.2, 0.25) is 0 Å². The van der Waals surface area contributed by atoms with Gasteiger partial charge in [-0.3, -0.25) is 9.97 Å². The molecule has 0 aliphatic heterocycles. The van der Waals surface area contributed by atoms with Gasteiger partial charge in [-0.2, -0.15) is 0 Å². The van der Waals surface area contributed by atoms with Gasteiger partial charge in [-0.1, -0.05) is 380 Å². The number of fused-ring (bicyclic) bond motifs is 11. The van der Waals surface area contributed by atoms with E-state index in [1.165, 1.54) is 89.2 Å². The number of aryl methyl sites for hydroxylation is 2. The fraction of sp³-hybridized carbons (Fsp3) is 0.378. The van der Waals surface area contributed by atoms with Crippen molar-refractivity contribution in [3.05, 3.63) is 355 Å². The van der Waals surface area contributed by atoms with Crippen LogP contribution >= 0.6 is 56.7 Å². The van der Waals surface area contributed by atoms with Gasteiger partial charge < -0.3 is 18.8 Å². The molecule has 782 valence electrons. The van der Waals surface area contributed by atoms with Crippen LogP contribution < -0.4 is 0 Å². The maximum absolute atomic E-state index is 5.12. The Morgan fingerprint density at radius 2 is 0.648 bits per heavy atom. The molecular formula is C127H177N11O2S5. The van der Waals surface area contributed by atoms with E-state index in [0.717, 1.165) is 125 Å². The standard InChI is InChI=1S/2C9H7N.C8H7N.C8H6O.C8H6S.C7H6N2.C7H5NO.C7H9NS.2C7H5NS.C6H4N2S.11C4H10/c1-2-6-9-8(4-1)5-3-7-10-9;1-2-4-9-7-10-6-5-8(9)3-1;3*1-2-4-8-7(3-1)5-6-9-8;5*1-2-4-7-6(3-1)8-5-9-7;1-2-5-6(7-3-1)9-4-8-5;11*1-4(2)3/h2*1-7H;1-6,9H;2*1-6H;1-5H,(H,8,9);1-5H;5H,1-4H2;2*1-5H;1-4H;11*4H,1-3H3. The van der Waals surface area contributed by atoms with E-state index in [1.807, 2.05) is 235 Å². The molecule has 1 aliphatic carbocycles. The highest BCUT2D eigenvalue weighted by Gasteiger charge is 2.10. The molecule has 0 spiro atoms.